The van der Waals surface area contributed by atoms with Gasteiger partial charge >= 0.3 is 3.98 Å². The van der Waals surface area contributed by atoms with Gasteiger partial charge in [-0.3, -0.25) is 0 Å². The van der Waals surface area contributed by atoms with E-state index in [4.69, 9.17) is 39.5 Å². The average Bonchev–Trinajstić information content (AvgIpc) is 2.12. The Morgan fingerprint density at radius 2 is 2.20 bits per heavy atom. The van der Waals surface area contributed by atoms with Crippen LogP contribution in [0.25, 0.3) is 0 Å². The van der Waals surface area contributed by atoms with Crippen LogP contribution in [-0.2, 0) is 0 Å². The predicted octanol–water partition coefficient (Wildman–Crippen LogP) is 2.12. The standard InChI is InChI=1S/C4H3Cl3N2O/c5-4(6,7)10-3-1-2-8-9-3/h1-2H,(H,8,9). The molecule has 1 aromatic rings. The maximum Gasteiger partial charge on any atom is 0.339 e. The first kappa shape index (κ1) is 7.98. The van der Waals surface area contributed by atoms with Crippen LogP contribution in [-0.4, -0.2) is 14.2 Å². The quantitative estimate of drug-likeness (QED) is 0.707. The van der Waals surface area contributed by atoms with Crippen molar-refractivity contribution in [3.63, 3.8) is 0 Å². The van der Waals surface area contributed by atoms with Gasteiger partial charge in [0.2, 0.25) is 5.88 Å². The van der Waals surface area contributed by atoms with Crippen molar-refractivity contribution in [2.75, 3.05) is 0 Å². The van der Waals surface area contributed by atoms with Crippen molar-refractivity contribution in [3.8, 4) is 5.88 Å². The summed E-state index contributed by atoms with van der Waals surface area (Å²) in [6.45, 7) is 0. The van der Waals surface area contributed by atoms with Crippen LogP contribution in [0.15, 0.2) is 12.3 Å². The number of rotatable bonds is 1. The normalized spacial score (nSPS) is 11.5. The molecule has 0 bridgehead atoms. The van der Waals surface area contributed by atoms with E-state index >= 15 is 0 Å². The summed E-state index contributed by atoms with van der Waals surface area (Å²) in [6, 6.07) is 1.54. The zero-order valence-electron chi connectivity index (χ0n) is 4.64. The van der Waals surface area contributed by atoms with Crippen LogP contribution >= 0.6 is 34.8 Å². The molecule has 0 aliphatic carbocycles. The highest BCUT2D eigenvalue weighted by Crippen LogP contribution is 2.28. The van der Waals surface area contributed by atoms with Crippen LogP contribution in [0.5, 0.6) is 5.88 Å². The van der Waals surface area contributed by atoms with Gasteiger partial charge in [-0.15, -0.1) is 0 Å². The largest absolute Gasteiger partial charge is 0.428 e. The van der Waals surface area contributed by atoms with E-state index < -0.39 is 3.98 Å². The van der Waals surface area contributed by atoms with Gasteiger partial charge in [0.1, 0.15) is 0 Å². The fraction of sp³-hybridized carbons (Fsp3) is 0.250. The Kier molecular flexibility index (Phi) is 2.28. The maximum atomic E-state index is 5.29. The number of halogens is 3. The van der Waals surface area contributed by atoms with Crippen LogP contribution in [0.2, 0.25) is 0 Å². The summed E-state index contributed by atoms with van der Waals surface area (Å²) in [5, 5.41) is 6.05. The molecule has 1 rings (SSSR count). The maximum absolute atomic E-state index is 5.29. The highest BCUT2D eigenvalue weighted by Gasteiger charge is 2.21. The van der Waals surface area contributed by atoms with Crippen molar-refractivity contribution in [2.24, 2.45) is 0 Å². The summed E-state index contributed by atoms with van der Waals surface area (Å²) in [4.78, 5) is 0. The molecule has 10 heavy (non-hydrogen) atoms. The topological polar surface area (TPSA) is 37.9 Å². The molecule has 0 amide bonds. The Morgan fingerprint density at radius 1 is 1.50 bits per heavy atom. The molecule has 0 atom stereocenters. The van der Waals surface area contributed by atoms with Crippen molar-refractivity contribution in [1.82, 2.24) is 10.2 Å². The molecule has 0 aliphatic heterocycles. The monoisotopic (exact) mass is 200 g/mol. The summed E-state index contributed by atoms with van der Waals surface area (Å²) in [7, 11) is 0. The van der Waals surface area contributed by atoms with E-state index in [1.54, 1.807) is 6.07 Å². The SMILES string of the molecule is ClC(Cl)(Cl)Oc1ccn[nH]1. The third kappa shape index (κ3) is 2.64. The van der Waals surface area contributed by atoms with E-state index in [1.807, 2.05) is 0 Å². The second-order valence-electron chi connectivity index (χ2n) is 1.47. The Hall–Kier alpha value is -0.120. The molecule has 6 heteroatoms. The Bertz CT molecular complexity index is 193. The van der Waals surface area contributed by atoms with Gasteiger partial charge in [-0.25, -0.2) is 5.10 Å². The lowest BCUT2D eigenvalue weighted by molar-refractivity contribution is 0.307. The van der Waals surface area contributed by atoms with E-state index in [9.17, 15) is 0 Å². The minimum absolute atomic E-state index is 0.319. The number of nitrogens with one attached hydrogen (secondary N) is 1. The van der Waals surface area contributed by atoms with Crippen LogP contribution < -0.4 is 4.74 Å². The fourth-order valence-electron chi connectivity index (χ4n) is 0.425. The number of aromatic amines is 1. The van der Waals surface area contributed by atoms with Crippen LogP contribution in [0, 0.1) is 0 Å². The molecule has 0 spiro atoms. The number of nitrogens with zero attached hydrogens (tertiary/aromatic N) is 1. The Balaban J connectivity index is 2.57. The number of ether oxygens (including phenoxy) is 1. The minimum Gasteiger partial charge on any atom is -0.428 e. The molecule has 0 aromatic carbocycles. The lowest BCUT2D eigenvalue weighted by Crippen LogP contribution is -2.12. The molecule has 56 valence electrons. The highest BCUT2D eigenvalue weighted by atomic mass is 35.6. The Morgan fingerprint density at radius 3 is 2.60 bits per heavy atom. The first-order valence-electron chi connectivity index (χ1n) is 2.33. The lowest BCUT2D eigenvalue weighted by atomic mass is 10.7. The smallest absolute Gasteiger partial charge is 0.339 e. The van der Waals surface area contributed by atoms with Gasteiger partial charge in [0.15, 0.2) is 0 Å². The first-order chi connectivity index (χ1) is 4.58. The van der Waals surface area contributed by atoms with Gasteiger partial charge in [-0.05, 0) is 34.8 Å². The number of hydrogen-bond acceptors (Lipinski definition) is 2. The minimum atomic E-state index is -1.73. The second-order valence-corrected chi connectivity index (χ2v) is 3.65. The molecule has 1 N–H and O–H groups in total. The van der Waals surface area contributed by atoms with Crippen molar-refractivity contribution in [1.29, 1.82) is 0 Å². The molecule has 0 radical (unpaired) electrons. The first-order valence-corrected chi connectivity index (χ1v) is 3.46. The van der Waals surface area contributed by atoms with E-state index in [1.165, 1.54) is 6.20 Å². The summed E-state index contributed by atoms with van der Waals surface area (Å²) in [5.41, 5.74) is 0. The van der Waals surface area contributed by atoms with Gasteiger partial charge in [0.25, 0.3) is 0 Å². The third-order valence-corrected chi connectivity index (χ3v) is 0.932. The molecule has 1 aromatic heterocycles. The Labute approximate surface area is 72.2 Å². The molecule has 1 heterocycles. The average molecular weight is 201 g/mol. The fourth-order valence-corrected chi connectivity index (χ4v) is 0.674. The van der Waals surface area contributed by atoms with Crippen molar-refractivity contribution in [3.05, 3.63) is 12.3 Å². The van der Waals surface area contributed by atoms with Crippen LogP contribution in [0.1, 0.15) is 0 Å². The van der Waals surface area contributed by atoms with Crippen LogP contribution in [0.4, 0.5) is 0 Å². The van der Waals surface area contributed by atoms with Crippen molar-refractivity contribution in [2.45, 2.75) is 3.98 Å². The van der Waals surface area contributed by atoms with E-state index in [0.29, 0.717) is 5.88 Å². The molecule has 0 unspecified atom stereocenters. The molecular weight excluding hydrogens is 198 g/mol. The van der Waals surface area contributed by atoms with Crippen LogP contribution in [0.3, 0.4) is 0 Å². The molecule has 0 saturated carbocycles. The zero-order valence-corrected chi connectivity index (χ0v) is 6.91. The highest BCUT2D eigenvalue weighted by molar-refractivity contribution is 6.66. The summed E-state index contributed by atoms with van der Waals surface area (Å²) < 4.78 is 2.99. The third-order valence-electron chi connectivity index (χ3n) is 0.701. The van der Waals surface area contributed by atoms with Gasteiger partial charge in [-0.2, -0.15) is 5.10 Å². The number of alkyl halides is 3. The lowest BCUT2D eigenvalue weighted by Gasteiger charge is -2.10. The predicted molar refractivity (Wildman–Crippen MR) is 39.5 cm³/mol. The van der Waals surface area contributed by atoms with Gasteiger partial charge in [0, 0.05) is 6.07 Å². The van der Waals surface area contributed by atoms with Crippen molar-refractivity contribution >= 4 is 34.8 Å². The zero-order chi connectivity index (χ0) is 7.61. The van der Waals surface area contributed by atoms with E-state index in [2.05, 4.69) is 10.2 Å². The van der Waals surface area contributed by atoms with Crippen molar-refractivity contribution < 1.29 is 4.74 Å². The number of hydrogen-bond donors (Lipinski definition) is 1. The molecule has 0 aliphatic rings. The van der Waals surface area contributed by atoms with E-state index in [0.717, 1.165) is 0 Å². The molecule has 3 nitrogen and oxygen atoms in total. The van der Waals surface area contributed by atoms with E-state index in [-0.39, 0.29) is 0 Å². The molecular formula is C4H3Cl3N2O. The van der Waals surface area contributed by atoms with Gasteiger partial charge < -0.3 is 4.74 Å². The second kappa shape index (κ2) is 2.86. The molecule has 0 fully saturated rings. The van der Waals surface area contributed by atoms with Gasteiger partial charge in [0.05, 0.1) is 6.20 Å². The number of aromatic nitrogens is 2. The van der Waals surface area contributed by atoms with Gasteiger partial charge in [-0.1, -0.05) is 0 Å². The number of H-pyrrole nitrogens is 1. The molecule has 0 saturated heterocycles. The summed E-state index contributed by atoms with van der Waals surface area (Å²) in [5.74, 6) is 0.319. The summed E-state index contributed by atoms with van der Waals surface area (Å²) in [6.07, 6.45) is 1.49. The summed E-state index contributed by atoms with van der Waals surface area (Å²) >= 11 is 15.9.